The molecule has 1 saturated heterocycles. The van der Waals surface area contributed by atoms with E-state index in [1.165, 1.54) is 11.3 Å². The third-order valence-corrected chi connectivity index (χ3v) is 6.16. The van der Waals surface area contributed by atoms with Gasteiger partial charge in [-0.3, -0.25) is 14.6 Å². The molecule has 2 N–H and O–H groups in total. The van der Waals surface area contributed by atoms with Crippen LogP contribution in [0.25, 0.3) is 21.3 Å². The summed E-state index contributed by atoms with van der Waals surface area (Å²) in [6.45, 7) is 3.41. The van der Waals surface area contributed by atoms with E-state index in [0.29, 0.717) is 17.2 Å². The minimum Gasteiger partial charge on any atom is -0.359 e. The topological polar surface area (TPSA) is 78.1 Å². The first-order valence-corrected chi connectivity index (χ1v) is 10.0. The van der Waals surface area contributed by atoms with Crippen molar-refractivity contribution in [1.82, 2.24) is 15.3 Å². The van der Waals surface area contributed by atoms with Crippen molar-refractivity contribution >= 4 is 33.4 Å². The summed E-state index contributed by atoms with van der Waals surface area (Å²) in [6, 6.07) is 8.12. The van der Waals surface area contributed by atoms with E-state index in [2.05, 4.69) is 29.4 Å². The van der Waals surface area contributed by atoms with Crippen LogP contribution in [0, 0.1) is 12.8 Å². The van der Waals surface area contributed by atoms with Gasteiger partial charge in [-0.2, -0.15) is 0 Å². The van der Waals surface area contributed by atoms with Crippen molar-refractivity contribution in [1.29, 1.82) is 0 Å². The Bertz CT molecular complexity index is 1060. The molecule has 1 atom stereocenters. The van der Waals surface area contributed by atoms with Crippen molar-refractivity contribution in [2.75, 3.05) is 25.0 Å². The molecule has 4 rings (SSSR count). The molecule has 1 aliphatic heterocycles. The second kappa shape index (κ2) is 7.15. The number of aryl methyl sites for hydroxylation is 1. The third kappa shape index (κ3) is 3.23. The monoisotopic (exact) mass is 382 g/mol. The number of nitrogens with one attached hydrogen (secondary N) is 2. The summed E-state index contributed by atoms with van der Waals surface area (Å²) in [5.74, 6) is 0.511. The number of carbonyl (C=O) groups excluding carboxylic acids is 1. The number of rotatable bonds is 3. The zero-order valence-corrected chi connectivity index (χ0v) is 16.2. The van der Waals surface area contributed by atoms with Gasteiger partial charge in [0.25, 0.3) is 5.56 Å². The normalized spacial score (nSPS) is 17.3. The summed E-state index contributed by atoms with van der Waals surface area (Å²) in [5.41, 5.74) is 3.84. The van der Waals surface area contributed by atoms with E-state index in [0.717, 1.165) is 41.6 Å². The van der Waals surface area contributed by atoms with Crippen molar-refractivity contribution in [2.24, 2.45) is 5.92 Å². The van der Waals surface area contributed by atoms with Crippen molar-refractivity contribution in [2.45, 2.75) is 19.8 Å². The molecule has 1 aromatic carbocycles. The van der Waals surface area contributed by atoms with E-state index in [4.69, 9.17) is 4.98 Å². The Labute approximate surface area is 161 Å². The highest BCUT2D eigenvalue weighted by Crippen LogP contribution is 2.33. The second-order valence-corrected chi connectivity index (χ2v) is 7.81. The fraction of sp³-hybridized carbons (Fsp3) is 0.350. The lowest BCUT2D eigenvalue weighted by molar-refractivity contribution is -0.124. The lowest BCUT2D eigenvalue weighted by Gasteiger charge is -2.32. The maximum absolute atomic E-state index is 12.7. The Morgan fingerprint density at radius 2 is 2.15 bits per heavy atom. The van der Waals surface area contributed by atoms with Crippen LogP contribution in [0.4, 0.5) is 5.95 Å². The quantitative estimate of drug-likeness (QED) is 0.730. The Morgan fingerprint density at radius 1 is 1.33 bits per heavy atom. The molecule has 0 saturated carbocycles. The smallest absolute Gasteiger partial charge is 0.270 e. The predicted octanol–water partition coefficient (Wildman–Crippen LogP) is 2.92. The van der Waals surface area contributed by atoms with Gasteiger partial charge in [-0.25, -0.2) is 4.98 Å². The van der Waals surface area contributed by atoms with Crippen LogP contribution in [-0.2, 0) is 4.79 Å². The molecule has 6 nitrogen and oxygen atoms in total. The molecule has 0 bridgehead atoms. The Kier molecular flexibility index (Phi) is 4.70. The van der Waals surface area contributed by atoms with E-state index >= 15 is 0 Å². The van der Waals surface area contributed by atoms with Gasteiger partial charge in [-0.05, 0) is 30.9 Å². The first-order chi connectivity index (χ1) is 13.1. The van der Waals surface area contributed by atoms with Crippen LogP contribution in [0.1, 0.15) is 18.4 Å². The van der Waals surface area contributed by atoms with Gasteiger partial charge in [-0.1, -0.05) is 24.3 Å². The van der Waals surface area contributed by atoms with E-state index in [-0.39, 0.29) is 17.4 Å². The number of piperidine rings is 1. The predicted molar refractivity (Wildman–Crippen MR) is 109 cm³/mol. The van der Waals surface area contributed by atoms with Crippen molar-refractivity contribution in [3.05, 3.63) is 45.6 Å². The molecule has 0 spiro atoms. The standard InChI is InChI=1S/C20H22N4O2S/c1-12-6-3-4-8-14(12)15-11-27-17-16(15)22-20(23-19(17)26)24-9-5-7-13(10-24)18(25)21-2/h3-4,6,8,11,13H,5,7,9-10H2,1-2H3,(H,21,25)(H,22,23,26)/t13-/m1/s1. The maximum Gasteiger partial charge on any atom is 0.270 e. The number of amides is 1. The average molecular weight is 382 g/mol. The van der Waals surface area contributed by atoms with Crippen LogP contribution in [0.5, 0.6) is 0 Å². The number of fused-ring (bicyclic) bond motifs is 1. The summed E-state index contributed by atoms with van der Waals surface area (Å²) < 4.78 is 0.636. The highest BCUT2D eigenvalue weighted by Gasteiger charge is 2.27. The number of nitrogens with zero attached hydrogens (tertiary/aromatic N) is 2. The van der Waals surface area contributed by atoms with Crippen LogP contribution in [-0.4, -0.2) is 36.0 Å². The number of thiophene rings is 1. The molecule has 7 heteroatoms. The lowest BCUT2D eigenvalue weighted by atomic mass is 9.97. The fourth-order valence-electron chi connectivity index (χ4n) is 3.72. The first-order valence-electron chi connectivity index (χ1n) is 9.12. The van der Waals surface area contributed by atoms with Crippen molar-refractivity contribution < 1.29 is 4.79 Å². The van der Waals surface area contributed by atoms with E-state index < -0.39 is 0 Å². The molecule has 1 aliphatic rings. The zero-order valence-electron chi connectivity index (χ0n) is 15.4. The Morgan fingerprint density at radius 3 is 2.93 bits per heavy atom. The van der Waals surface area contributed by atoms with Crippen LogP contribution in [0.3, 0.4) is 0 Å². The first kappa shape index (κ1) is 17.7. The molecule has 27 heavy (non-hydrogen) atoms. The van der Waals surface area contributed by atoms with Crippen molar-refractivity contribution in [3.8, 4) is 11.1 Å². The Balaban J connectivity index is 1.77. The van der Waals surface area contributed by atoms with Gasteiger partial charge in [0.2, 0.25) is 11.9 Å². The molecule has 3 heterocycles. The molecular formula is C20H22N4O2S. The number of carbonyl (C=O) groups is 1. The third-order valence-electron chi connectivity index (χ3n) is 5.19. The van der Waals surface area contributed by atoms with Gasteiger partial charge in [0.1, 0.15) is 4.70 Å². The van der Waals surface area contributed by atoms with Gasteiger partial charge in [0.15, 0.2) is 0 Å². The number of hydrogen-bond acceptors (Lipinski definition) is 5. The SMILES string of the molecule is CNC(=O)[C@@H]1CCCN(c2nc3c(-c4ccccc4C)csc3c(=O)[nH]2)C1. The van der Waals surface area contributed by atoms with Gasteiger partial charge in [0.05, 0.1) is 11.4 Å². The number of anilines is 1. The largest absolute Gasteiger partial charge is 0.359 e. The molecule has 140 valence electrons. The average Bonchev–Trinajstić information content (AvgIpc) is 3.12. The van der Waals surface area contributed by atoms with Gasteiger partial charge in [0, 0.05) is 31.1 Å². The molecule has 1 amide bonds. The highest BCUT2D eigenvalue weighted by atomic mass is 32.1. The van der Waals surface area contributed by atoms with Gasteiger partial charge in [-0.15, -0.1) is 11.3 Å². The fourth-order valence-corrected chi connectivity index (χ4v) is 4.62. The summed E-state index contributed by atoms with van der Waals surface area (Å²) >= 11 is 1.42. The Hall–Kier alpha value is -2.67. The molecule has 2 aromatic heterocycles. The number of hydrogen-bond donors (Lipinski definition) is 2. The minimum atomic E-state index is -0.123. The number of aromatic amines is 1. The van der Waals surface area contributed by atoms with Gasteiger partial charge < -0.3 is 10.2 Å². The van der Waals surface area contributed by atoms with E-state index in [1.54, 1.807) is 7.05 Å². The van der Waals surface area contributed by atoms with Crippen LogP contribution >= 0.6 is 11.3 Å². The number of aromatic nitrogens is 2. The molecule has 3 aromatic rings. The zero-order chi connectivity index (χ0) is 19.0. The van der Waals surface area contributed by atoms with E-state index in [1.807, 2.05) is 22.4 Å². The van der Waals surface area contributed by atoms with Gasteiger partial charge >= 0.3 is 0 Å². The molecule has 0 radical (unpaired) electrons. The van der Waals surface area contributed by atoms with Crippen molar-refractivity contribution in [3.63, 3.8) is 0 Å². The summed E-state index contributed by atoms with van der Waals surface area (Å²) in [5, 5.41) is 4.73. The van der Waals surface area contributed by atoms with Crippen LogP contribution < -0.4 is 15.8 Å². The number of H-pyrrole nitrogens is 1. The summed E-state index contributed by atoms with van der Waals surface area (Å²) in [4.78, 5) is 34.4. The van der Waals surface area contributed by atoms with Crippen LogP contribution in [0.2, 0.25) is 0 Å². The molecule has 0 unspecified atom stereocenters. The minimum absolute atomic E-state index is 0.0410. The molecule has 0 aliphatic carbocycles. The summed E-state index contributed by atoms with van der Waals surface area (Å²) in [6.07, 6.45) is 1.75. The maximum atomic E-state index is 12.7. The highest BCUT2D eigenvalue weighted by molar-refractivity contribution is 7.17. The second-order valence-electron chi connectivity index (χ2n) is 6.93. The lowest BCUT2D eigenvalue weighted by Crippen LogP contribution is -2.43. The van der Waals surface area contributed by atoms with E-state index in [9.17, 15) is 9.59 Å². The number of benzene rings is 1. The molecular weight excluding hydrogens is 360 g/mol. The molecule has 1 fully saturated rings. The summed E-state index contributed by atoms with van der Waals surface area (Å²) in [7, 11) is 1.66. The van der Waals surface area contributed by atoms with Crippen LogP contribution in [0.15, 0.2) is 34.4 Å².